The van der Waals surface area contributed by atoms with E-state index in [1.807, 2.05) is 40.9 Å². The van der Waals surface area contributed by atoms with Gasteiger partial charge in [0.1, 0.15) is 5.52 Å². The molecule has 4 rings (SSSR count). The van der Waals surface area contributed by atoms with E-state index in [1.165, 1.54) is 0 Å². The Labute approximate surface area is 163 Å². The van der Waals surface area contributed by atoms with Crippen LogP contribution < -0.4 is 5.56 Å². The van der Waals surface area contributed by atoms with E-state index in [1.54, 1.807) is 6.20 Å². The van der Waals surface area contributed by atoms with Crippen molar-refractivity contribution in [1.29, 1.82) is 0 Å². The van der Waals surface area contributed by atoms with Crippen molar-refractivity contribution in [3.63, 3.8) is 0 Å². The molecule has 1 amide bonds. The lowest BCUT2D eigenvalue weighted by Crippen LogP contribution is -2.38. The number of likely N-dealkylation sites (tertiary alicyclic amines) is 1. The highest BCUT2D eigenvalue weighted by molar-refractivity contribution is 5.95. The van der Waals surface area contributed by atoms with Crippen molar-refractivity contribution in [2.24, 2.45) is 0 Å². The molecule has 0 radical (unpaired) electrons. The zero-order valence-corrected chi connectivity index (χ0v) is 16.3. The van der Waals surface area contributed by atoms with Gasteiger partial charge in [0.2, 0.25) is 0 Å². The molecule has 0 aliphatic carbocycles. The van der Waals surface area contributed by atoms with Crippen molar-refractivity contribution in [1.82, 2.24) is 24.6 Å². The van der Waals surface area contributed by atoms with E-state index in [-0.39, 0.29) is 17.4 Å². The van der Waals surface area contributed by atoms with Crippen LogP contribution in [-0.2, 0) is 6.54 Å². The van der Waals surface area contributed by atoms with Gasteiger partial charge < -0.3 is 9.88 Å². The average molecular weight is 379 g/mol. The maximum absolute atomic E-state index is 12.9. The van der Waals surface area contributed by atoms with Gasteiger partial charge in [-0.3, -0.25) is 19.3 Å². The number of nitrogens with zero attached hydrogens (tertiary/aromatic N) is 4. The Hall–Kier alpha value is -2.96. The number of carbonyl (C=O) groups is 1. The molecule has 7 nitrogen and oxygen atoms in total. The molecule has 146 valence electrons. The molecule has 1 N–H and O–H groups in total. The zero-order valence-electron chi connectivity index (χ0n) is 16.3. The third-order valence-electron chi connectivity index (χ3n) is 5.47. The lowest BCUT2D eigenvalue weighted by Gasteiger charge is -2.32. The van der Waals surface area contributed by atoms with Gasteiger partial charge in [-0.15, -0.1) is 0 Å². The molecule has 1 saturated heterocycles. The van der Waals surface area contributed by atoms with Gasteiger partial charge in [0.25, 0.3) is 11.5 Å². The van der Waals surface area contributed by atoms with Gasteiger partial charge in [-0.1, -0.05) is 13.0 Å². The summed E-state index contributed by atoms with van der Waals surface area (Å²) in [7, 11) is 0. The standard InChI is InChI=1S/C21H25N5O2/c1-3-9-26-13-17(14(2)24-26)21(28)25-10-6-15(7-11-25)18-12-16-5-4-8-22-19(16)20(27)23-18/h4-5,8,12-13,15H,3,6-7,9-11H2,1-2H3,(H,23,27). The molecular formula is C21H25N5O2. The molecule has 7 heteroatoms. The Morgan fingerprint density at radius 2 is 2.11 bits per heavy atom. The Morgan fingerprint density at radius 3 is 2.86 bits per heavy atom. The van der Waals surface area contributed by atoms with Crippen LogP contribution >= 0.6 is 0 Å². The largest absolute Gasteiger partial charge is 0.338 e. The summed E-state index contributed by atoms with van der Waals surface area (Å²) in [4.78, 5) is 34.3. The number of fused-ring (bicyclic) bond motifs is 1. The minimum absolute atomic E-state index is 0.0505. The quantitative estimate of drug-likeness (QED) is 0.755. The number of amides is 1. The lowest BCUT2D eigenvalue weighted by atomic mass is 9.92. The van der Waals surface area contributed by atoms with Gasteiger partial charge in [0, 0.05) is 49.0 Å². The second kappa shape index (κ2) is 7.58. The van der Waals surface area contributed by atoms with Gasteiger partial charge >= 0.3 is 0 Å². The van der Waals surface area contributed by atoms with Gasteiger partial charge in [-0.2, -0.15) is 5.10 Å². The maximum atomic E-state index is 12.9. The molecule has 1 aliphatic rings. The van der Waals surface area contributed by atoms with Crippen LogP contribution in [0.3, 0.4) is 0 Å². The molecule has 1 aliphatic heterocycles. The predicted octanol–water partition coefficient (Wildman–Crippen LogP) is 2.86. The predicted molar refractivity (Wildman–Crippen MR) is 107 cm³/mol. The van der Waals surface area contributed by atoms with Crippen molar-refractivity contribution in [3.05, 3.63) is 57.9 Å². The molecule has 0 spiro atoms. The van der Waals surface area contributed by atoms with Crippen molar-refractivity contribution in [2.45, 2.75) is 45.6 Å². The van der Waals surface area contributed by atoms with Gasteiger partial charge in [0.15, 0.2) is 0 Å². The molecule has 0 unspecified atom stereocenters. The molecule has 4 heterocycles. The number of aryl methyl sites for hydroxylation is 2. The summed E-state index contributed by atoms with van der Waals surface area (Å²) in [6.45, 7) is 6.15. The fourth-order valence-corrected chi connectivity index (χ4v) is 3.97. The van der Waals surface area contributed by atoms with E-state index in [9.17, 15) is 9.59 Å². The van der Waals surface area contributed by atoms with Crippen LogP contribution in [-0.4, -0.2) is 43.6 Å². The van der Waals surface area contributed by atoms with Crippen LogP contribution in [0.25, 0.3) is 10.9 Å². The summed E-state index contributed by atoms with van der Waals surface area (Å²) >= 11 is 0. The van der Waals surface area contributed by atoms with Crippen molar-refractivity contribution in [3.8, 4) is 0 Å². The smallest absolute Gasteiger partial charge is 0.274 e. The van der Waals surface area contributed by atoms with Gasteiger partial charge in [0.05, 0.1) is 11.3 Å². The summed E-state index contributed by atoms with van der Waals surface area (Å²) in [6, 6.07) is 5.77. The van der Waals surface area contributed by atoms with E-state index in [0.717, 1.165) is 42.6 Å². The Balaban J connectivity index is 1.47. The molecule has 28 heavy (non-hydrogen) atoms. The minimum atomic E-state index is -0.148. The highest BCUT2D eigenvalue weighted by Gasteiger charge is 2.27. The molecule has 3 aromatic heterocycles. The van der Waals surface area contributed by atoms with Crippen LogP contribution in [0.4, 0.5) is 0 Å². The van der Waals surface area contributed by atoms with E-state index in [2.05, 4.69) is 22.0 Å². The monoisotopic (exact) mass is 379 g/mol. The fraction of sp³-hybridized carbons (Fsp3) is 0.429. The van der Waals surface area contributed by atoms with Crippen LogP contribution in [0.1, 0.15) is 53.8 Å². The topological polar surface area (TPSA) is 83.9 Å². The molecule has 0 saturated carbocycles. The first kappa shape index (κ1) is 18.4. The third-order valence-corrected chi connectivity index (χ3v) is 5.47. The fourth-order valence-electron chi connectivity index (χ4n) is 3.97. The third kappa shape index (κ3) is 3.44. The number of aromatic amines is 1. The normalized spacial score (nSPS) is 15.3. The molecule has 0 bridgehead atoms. The number of hydrogen-bond donors (Lipinski definition) is 1. The first-order valence-electron chi connectivity index (χ1n) is 9.88. The SMILES string of the molecule is CCCn1cc(C(=O)N2CCC(c3cc4cccnc4c(=O)[nH]3)CC2)c(C)n1. The number of hydrogen-bond acceptors (Lipinski definition) is 4. The molecule has 0 atom stereocenters. The summed E-state index contributed by atoms with van der Waals surface area (Å²) in [6.07, 6.45) is 6.14. The molecule has 3 aromatic rings. The number of nitrogens with one attached hydrogen (secondary N) is 1. The van der Waals surface area contributed by atoms with Crippen LogP contribution in [0.2, 0.25) is 0 Å². The van der Waals surface area contributed by atoms with Crippen molar-refractivity contribution >= 4 is 16.8 Å². The number of piperidine rings is 1. The zero-order chi connectivity index (χ0) is 19.7. The van der Waals surface area contributed by atoms with Crippen molar-refractivity contribution in [2.75, 3.05) is 13.1 Å². The van der Waals surface area contributed by atoms with Crippen molar-refractivity contribution < 1.29 is 4.79 Å². The van der Waals surface area contributed by atoms with Gasteiger partial charge in [-0.25, -0.2) is 0 Å². The highest BCUT2D eigenvalue weighted by Crippen LogP contribution is 2.28. The number of carbonyl (C=O) groups excluding carboxylic acids is 1. The van der Waals surface area contributed by atoms with Crippen LogP contribution in [0.5, 0.6) is 0 Å². The Kier molecular flexibility index (Phi) is 4.98. The highest BCUT2D eigenvalue weighted by atomic mass is 16.2. The number of H-pyrrole nitrogens is 1. The molecular weight excluding hydrogens is 354 g/mol. The molecule has 1 fully saturated rings. The second-order valence-corrected chi connectivity index (χ2v) is 7.45. The average Bonchev–Trinajstić information content (AvgIpc) is 3.08. The number of pyridine rings is 2. The Morgan fingerprint density at radius 1 is 1.32 bits per heavy atom. The summed E-state index contributed by atoms with van der Waals surface area (Å²) < 4.78 is 1.85. The summed E-state index contributed by atoms with van der Waals surface area (Å²) in [5.41, 5.74) is 2.73. The van der Waals surface area contributed by atoms with E-state index in [0.29, 0.717) is 24.2 Å². The Bertz CT molecular complexity index is 1060. The first-order valence-corrected chi connectivity index (χ1v) is 9.88. The van der Waals surface area contributed by atoms with E-state index >= 15 is 0 Å². The summed E-state index contributed by atoms with van der Waals surface area (Å²) in [5.74, 6) is 0.291. The number of rotatable bonds is 4. The lowest BCUT2D eigenvalue weighted by molar-refractivity contribution is 0.0711. The molecule has 0 aromatic carbocycles. The summed E-state index contributed by atoms with van der Waals surface area (Å²) in [5, 5.41) is 5.30. The van der Waals surface area contributed by atoms with E-state index < -0.39 is 0 Å². The minimum Gasteiger partial charge on any atom is -0.338 e. The second-order valence-electron chi connectivity index (χ2n) is 7.45. The van der Waals surface area contributed by atoms with Crippen LogP contribution in [0, 0.1) is 6.92 Å². The first-order chi connectivity index (χ1) is 13.6. The van der Waals surface area contributed by atoms with Crippen LogP contribution in [0.15, 0.2) is 35.4 Å². The maximum Gasteiger partial charge on any atom is 0.274 e. The number of aromatic nitrogens is 4. The van der Waals surface area contributed by atoms with Gasteiger partial charge in [-0.05, 0) is 38.3 Å². The van der Waals surface area contributed by atoms with E-state index in [4.69, 9.17) is 0 Å².